The van der Waals surface area contributed by atoms with Crippen molar-refractivity contribution in [2.75, 3.05) is 18.5 Å². The van der Waals surface area contributed by atoms with Crippen molar-refractivity contribution in [1.29, 1.82) is 0 Å². The lowest BCUT2D eigenvalue weighted by molar-refractivity contribution is -0.141. The standard InChI is InChI=1S/C26H24F7N3O/c1-16-14-20(10-11-21(16)27)36(13-3-4-17-5-12-22(35-15-17)26(31,32)33)23(24(37)34-2)18-6-8-19(9-7-18)25(28,29)30/h5-12,14-15,23H,3-4,13H2,1-2H3,(H,34,37). The van der Waals surface area contributed by atoms with Gasteiger partial charge in [-0.25, -0.2) is 4.39 Å². The third-order valence-electron chi connectivity index (χ3n) is 5.81. The Balaban J connectivity index is 1.92. The number of hydrogen-bond donors (Lipinski definition) is 1. The average molecular weight is 527 g/mol. The van der Waals surface area contributed by atoms with Crippen LogP contribution in [0.1, 0.15) is 40.4 Å². The molecule has 0 radical (unpaired) electrons. The molecule has 0 aliphatic rings. The molecular weight excluding hydrogens is 503 g/mol. The first-order chi connectivity index (χ1) is 17.3. The summed E-state index contributed by atoms with van der Waals surface area (Å²) in [5.74, 6) is -0.969. The number of aromatic nitrogens is 1. The van der Waals surface area contributed by atoms with E-state index in [1.807, 2.05) is 0 Å². The van der Waals surface area contributed by atoms with Crippen LogP contribution in [0.25, 0.3) is 0 Å². The Labute approximate surface area is 209 Å². The number of benzene rings is 2. The zero-order chi connectivity index (χ0) is 27.4. The molecule has 0 spiro atoms. The number of halogens is 7. The van der Waals surface area contributed by atoms with E-state index in [1.54, 1.807) is 4.90 Å². The van der Waals surface area contributed by atoms with Crippen LogP contribution in [-0.4, -0.2) is 24.5 Å². The van der Waals surface area contributed by atoms with E-state index in [1.165, 1.54) is 50.4 Å². The lowest BCUT2D eigenvalue weighted by Gasteiger charge is -2.33. The summed E-state index contributed by atoms with van der Waals surface area (Å²) < 4.78 is 91.5. The van der Waals surface area contributed by atoms with Gasteiger partial charge >= 0.3 is 12.4 Å². The Bertz CT molecular complexity index is 1210. The van der Waals surface area contributed by atoms with Crippen molar-refractivity contribution in [2.24, 2.45) is 0 Å². The molecule has 0 aliphatic heterocycles. The van der Waals surface area contributed by atoms with Crippen LogP contribution in [0.4, 0.5) is 36.4 Å². The highest BCUT2D eigenvalue weighted by atomic mass is 19.4. The van der Waals surface area contributed by atoms with E-state index in [-0.39, 0.29) is 12.1 Å². The minimum absolute atomic E-state index is 0.186. The van der Waals surface area contributed by atoms with Crippen LogP contribution in [-0.2, 0) is 23.6 Å². The molecule has 11 heteroatoms. The van der Waals surface area contributed by atoms with Crippen molar-refractivity contribution in [3.05, 3.63) is 94.6 Å². The van der Waals surface area contributed by atoms with Crippen LogP contribution < -0.4 is 10.2 Å². The zero-order valence-electron chi connectivity index (χ0n) is 19.9. The smallest absolute Gasteiger partial charge is 0.357 e. The van der Waals surface area contributed by atoms with Gasteiger partial charge in [-0.3, -0.25) is 9.78 Å². The maximum Gasteiger partial charge on any atom is 0.433 e. The number of aryl methyl sites for hydroxylation is 2. The lowest BCUT2D eigenvalue weighted by Crippen LogP contribution is -2.40. The van der Waals surface area contributed by atoms with Gasteiger partial charge < -0.3 is 10.2 Å². The monoisotopic (exact) mass is 527 g/mol. The van der Waals surface area contributed by atoms with E-state index >= 15 is 0 Å². The first-order valence-electron chi connectivity index (χ1n) is 11.2. The fourth-order valence-corrected chi connectivity index (χ4v) is 3.87. The predicted molar refractivity (Wildman–Crippen MR) is 124 cm³/mol. The Hall–Kier alpha value is -3.63. The van der Waals surface area contributed by atoms with Gasteiger partial charge in [-0.15, -0.1) is 0 Å². The van der Waals surface area contributed by atoms with Gasteiger partial charge in [-0.1, -0.05) is 18.2 Å². The Kier molecular flexibility index (Phi) is 8.45. The molecule has 37 heavy (non-hydrogen) atoms. The normalized spacial score (nSPS) is 12.8. The van der Waals surface area contributed by atoms with E-state index in [9.17, 15) is 35.5 Å². The van der Waals surface area contributed by atoms with Gasteiger partial charge in [0.2, 0.25) is 5.91 Å². The summed E-state index contributed by atoms with van der Waals surface area (Å²) in [6.07, 6.45) is -7.31. The fraction of sp³-hybridized carbons (Fsp3) is 0.308. The van der Waals surface area contributed by atoms with Crippen molar-refractivity contribution in [3.63, 3.8) is 0 Å². The molecule has 0 saturated heterocycles. The number of carbonyl (C=O) groups is 1. The van der Waals surface area contributed by atoms with Gasteiger partial charge in [0.05, 0.1) is 5.56 Å². The van der Waals surface area contributed by atoms with Gasteiger partial charge in [0, 0.05) is 25.5 Å². The Morgan fingerprint density at radius 3 is 2.16 bits per heavy atom. The number of anilines is 1. The van der Waals surface area contributed by atoms with E-state index in [0.717, 1.165) is 24.4 Å². The summed E-state index contributed by atoms with van der Waals surface area (Å²) >= 11 is 0. The summed E-state index contributed by atoms with van der Waals surface area (Å²) in [6, 6.07) is 9.55. The Morgan fingerprint density at radius 2 is 1.65 bits per heavy atom. The molecule has 0 bridgehead atoms. The Morgan fingerprint density at radius 1 is 0.973 bits per heavy atom. The van der Waals surface area contributed by atoms with Crippen molar-refractivity contribution >= 4 is 11.6 Å². The van der Waals surface area contributed by atoms with Crippen molar-refractivity contribution in [3.8, 4) is 0 Å². The van der Waals surface area contributed by atoms with Crippen LogP contribution in [0, 0.1) is 12.7 Å². The fourth-order valence-electron chi connectivity index (χ4n) is 3.87. The third kappa shape index (κ3) is 6.99. The molecule has 0 saturated carbocycles. The largest absolute Gasteiger partial charge is 0.433 e. The second kappa shape index (κ2) is 11.2. The maximum atomic E-state index is 14.0. The van der Waals surface area contributed by atoms with Crippen LogP contribution in [0.2, 0.25) is 0 Å². The molecule has 0 aliphatic carbocycles. The molecule has 3 aromatic rings. The first-order valence-corrected chi connectivity index (χ1v) is 11.2. The van der Waals surface area contributed by atoms with Crippen LogP contribution in [0.3, 0.4) is 0 Å². The number of pyridine rings is 1. The predicted octanol–water partition coefficient (Wildman–Crippen LogP) is 6.49. The molecule has 1 atom stereocenters. The highest BCUT2D eigenvalue weighted by molar-refractivity contribution is 5.86. The second-order valence-electron chi connectivity index (χ2n) is 8.42. The molecule has 4 nitrogen and oxygen atoms in total. The summed E-state index contributed by atoms with van der Waals surface area (Å²) in [4.78, 5) is 18.0. The number of alkyl halides is 6. The second-order valence-corrected chi connectivity index (χ2v) is 8.42. The van der Waals surface area contributed by atoms with Crippen LogP contribution >= 0.6 is 0 Å². The van der Waals surface area contributed by atoms with E-state index in [0.29, 0.717) is 29.7 Å². The number of hydrogen-bond acceptors (Lipinski definition) is 3. The third-order valence-corrected chi connectivity index (χ3v) is 5.81. The number of likely N-dealkylation sites (N-methyl/N-ethyl adjacent to an activating group) is 1. The lowest BCUT2D eigenvalue weighted by atomic mass is 10.00. The summed E-state index contributed by atoms with van der Waals surface area (Å²) in [5, 5.41) is 2.52. The number of carbonyl (C=O) groups excluding carboxylic acids is 1. The number of nitrogens with zero attached hydrogens (tertiary/aromatic N) is 2. The molecule has 1 heterocycles. The summed E-state index contributed by atoms with van der Waals surface area (Å²) in [7, 11) is 1.39. The highest BCUT2D eigenvalue weighted by Gasteiger charge is 2.33. The summed E-state index contributed by atoms with van der Waals surface area (Å²) in [5.41, 5.74) is -0.303. The first kappa shape index (κ1) is 27.9. The van der Waals surface area contributed by atoms with E-state index in [4.69, 9.17) is 0 Å². The number of rotatable bonds is 8. The molecular formula is C26H24F7N3O. The van der Waals surface area contributed by atoms with Gasteiger partial charge in [0.15, 0.2) is 0 Å². The SMILES string of the molecule is CNC(=O)C(c1ccc(C(F)(F)F)cc1)N(CCCc1ccc(C(F)(F)F)nc1)c1ccc(F)c(C)c1. The molecule has 0 fully saturated rings. The molecule has 1 N–H and O–H groups in total. The minimum atomic E-state index is -4.56. The zero-order valence-corrected chi connectivity index (χ0v) is 19.9. The average Bonchev–Trinajstić information content (AvgIpc) is 2.84. The highest BCUT2D eigenvalue weighted by Crippen LogP contribution is 2.33. The number of nitrogens with one attached hydrogen (secondary N) is 1. The van der Waals surface area contributed by atoms with Gasteiger partial charge in [-0.2, -0.15) is 26.3 Å². The topological polar surface area (TPSA) is 45.2 Å². The van der Waals surface area contributed by atoms with Crippen molar-refractivity contribution in [2.45, 2.75) is 38.2 Å². The maximum absolute atomic E-state index is 14.0. The molecule has 1 amide bonds. The van der Waals surface area contributed by atoms with Gasteiger partial charge in [0.25, 0.3) is 0 Å². The quantitative estimate of drug-likeness (QED) is 0.341. The molecule has 3 rings (SSSR count). The van der Waals surface area contributed by atoms with Gasteiger partial charge in [0.1, 0.15) is 17.6 Å². The van der Waals surface area contributed by atoms with E-state index < -0.39 is 41.4 Å². The molecule has 1 unspecified atom stereocenters. The minimum Gasteiger partial charge on any atom is -0.357 e. The van der Waals surface area contributed by atoms with Crippen molar-refractivity contribution in [1.82, 2.24) is 10.3 Å². The van der Waals surface area contributed by atoms with Crippen LogP contribution in [0.5, 0.6) is 0 Å². The molecule has 1 aromatic heterocycles. The molecule has 2 aromatic carbocycles. The summed E-state index contributed by atoms with van der Waals surface area (Å²) in [6.45, 7) is 1.73. The molecule has 198 valence electrons. The van der Waals surface area contributed by atoms with E-state index in [2.05, 4.69) is 10.3 Å². The number of amides is 1. The van der Waals surface area contributed by atoms with Crippen molar-refractivity contribution < 1.29 is 35.5 Å². The van der Waals surface area contributed by atoms with Gasteiger partial charge in [-0.05, 0) is 72.9 Å². The van der Waals surface area contributed by atoms with Crippen LogP contribution in [0.15, 0.2) is 60.8 Å².